The number of aliphatic carboxylic acids is 2. The molecule has 0 aliphatic heterocycles. The van der Waals surface area contributed by atoms with E-state index in [0.717, 1.165) is 0 Å². The van der Waals surface area contributed by atoms with Gasteiger partial charge in [0.25, 0.3) is 0 Å². The van der Waals surface area contributed by atoms with Crippen LogP contribution in [-0.2, 0) is 9.59 Å². The number of hydrogen-bond acceptors (Lipinski definition) is 4. The van der Waals surface area contributed by atoms with E-state index in [0.29, 0.717) is 12.2 Å². The van der Waals surface area contributed by atoms with Gasteiger partial charge in [0.05, 0.1) is 0 Å². The standard InChI is InChI=1S/C4H4O4.CH2N2/c5-3(6)1-2-4(7)8;2-1-3/h1-2H,(H,5,6)(H,7,8);2H2/b2-1+;. The molecule has 0 rings (SSSR count). The highest BCUT2D eigenvalue weighted by Crippen LogP contribution is 1.70. The second-order valence-electron chi connectivity index (χ2n) is 1.14. The normalized spacial score (nSPS) is 7.55. The minimum atomic E-state index is -1.26. The first kappa shape index (κ1) is 11.7. The van der Waals surface area contributed by atoms with Gasteiger partial charge in [-0.05, 0) is 0 Å². The van der Waals surface area contributed by atoms with Crippen LogP contribution in [0, 0.1) is 11.5 Å². The maximum absolute atomic E-state index is 9.55. The predicted molar refractivity (Wildman–Crippen MR) is 34.2 cm³/mol. The Morgan fingerprint density at radius 1 is 1.27 bits per heavy atom. The van der Waals surface area contributed by atoms with Crippen LogP contribution >= 0.6 is 0 Å². The molecular formula is C5H6N2O4. The summed E-state index contributed by atoms with van der Waals surface area (Å²) in [4.78, 5) is 19.1. The monoisotopic (exact) mass is 158 g/mol. The number of carboxylic acids is 2. The van der Waals surface area contributed by atoms with Crippen molar-refractivity contribution in [2.24, 2.45) is 5.73 Å². The van der Waals surface area contributed by atoms with Gasteiger partial charge in [-0.25, -0.2) is 9.59 Å². The first-order chi connectivity index (χ1) is 5.04. The van der Waals surface area contributed by atoms with Crippen molar-refractivity contribution in [2.75, 3.05) is 0 Å². The fourth-order valence-electron chi connectivity index (χ4n) is 0.143. The maximum atomic E-state index is 9.55. The van der Waals surface area contributed by atoms with Crippen molar-refractivity contribution in [2.45, 2.75) is 0 Å². The van der Waals surface area contributed by atoms with Crippen molar-refractivity contribution >= 4 is 11.9 Å². The molecule has 0 unspecified atom stereocenters. The second-order valence-corrected chi connectivity index (χ2v) is 1.14. The van der Waals surface area contributed by atoms with E-state index in [1.54, 1.807) is 0 Å². The number of rotatable bonds is 2. The second kappa shape index (κ2) is 7.97. The van der Waals surface area contributed by atoms with E-state index >= 15 is 0 Å². The lowest BCUT2D eigenvalue weighted by Crippen LogP contribution is -1.91. The number of carboxylic acid groups (broad SMARTS) is 2. The highest BCUT2D eigenvalue weighted by molar-refractivity contribution is 5.89. The maximum Gasteiger partial charge on any atom is 0.328 e. The summed E-state index contributed by atoms with van der Waals surface area (Å²) >= 11 is 0. The molecule has 11 heavy (non-hydrogen) atoms. The van der Waals surface area contributed by atoms with Gasteiger partial charge in [-0.1, -0.05) is 0 Å². The van der Waals surface area contributed by atoms with E-state index in [4.69, 9.17) is 15.5 Å². The van der Waals surface area contributed by atoms with Crippen LogP contribution in [0.1, 0.15) is 0 Å². The molecule has 6 nitrogen and oxygen atoms in total. The zero-order chi connectivity index (χ0) is 9.28. The number of carbonyl (C=O) groups is 2. The van der Waals surface area contributed by atoms with E-state index in [-0.39, 0.29) is 0 Å². The highest BCUT2D eigenvalue weighted by Gasteiger charge is 1.88. The fraction of sp³-hybridized carbons (Fsp3) is 0. The predicted octanol–water partition coefficient (Wildman–Crippen LogP) is -0.862. The lowest BCUT2D eigenvalue weighted by Gasteiger charge is -1.74. The number of nitrogens with zero attached hydrogens (tertiary/aromatic N) is 1. The molecule has 0 amide bonds. The zero-order valence-corrected chi connectivity index (χ0v) is 5.39. The van der Waals surface area contributed by atoms with Crippen molar-refractivity contribution < 1.29 is 19.8 Å². The molecular weight excluding hydrogens is 152 g/mol. The van der Waals surface area contributed by atoms with E-state index in [2.05, 4.69) is 5.73 Å². The third kappa shape index (κ3) is 32.2. The summed E-state index contributed by atoms with van der Waals surface area (Å²) < 4.78 is 0. The molecule has 0 saturated heterocycles. The molecule has 0 aromatic rings. The third-order valence-corrected chi connectivity index (χ3v) is 0.368. The summed E-state index contributed by atoms with van der Waals surface area (Å²) in [7, 11) is 0. The lowest BCUT2D eigenvalue weighted by molar-refractivity contribution is -0.134. The van der Waals surface area contributed by atoms with E-state index in [9.17, 15) is 9.59 Å². The van der Waals surface area contributed by atoms with Crippen molar-refractivity contribution in [1.82, 2.24) is 0 Å². The van der Waals surface area contributed by atoms with Gasteiger partial charge < -0.3 is 15.9 Å². The summed E-state index contributed by atoms with van der Waals surface area (Å²) in [6, 6.07) is 0. The van der Waals surface area contributed by atoms with Crippen molar-refractivity contribution in [3.8, 4) is 6.19 Å². The Labute approximate surface area is 62.2 Å². The minimum absolute atomic E-state index is 0.558. The van der Waals surface area contributed by atoms with Gasteiger partial charge in [-0.2, -0.15) is 5.26 Å². The summed E-state index contributed by atoms with van der Waals surface area (Å²) in [6.45, 7) is 0. The third-order valence-electron chi connectivity index (χ3n) is 0.368. The van der Waals surface area contributed by atoms with Crippen LogP contribution in [0.25, 0.3) is 0 Å². The van der Waals surface area contributed by atoms with Crippen molar-refractivity contribution in [3.05, 3.63) is 12.2 Å². The molecule has 0 bridgehead atoms. The Kier molecular flexibility index (Phi) is 8.50. The van der Waals surface area contributed by atoms with Gasteiger partial charge in [0, 0.05) is 12.2 Å². The topological polar surface area (TPSA) is 124 Å². The molecule has 6 heteroatoms. The number of nitriles is 1. The van der Waals surface area contributed by atoms with Crippen molar-refractivity contribution in [1.29, 1.82) is 5.26 Å². The molecule has 0 saturated carbocycles. The Hall–Kier alpha value is -2.03. The molecule has 0 atom stereocenters. The Morgan fingerprint density at radius 2 is 1.45 bits per heavy atom. The average molecular weight is 158 g/mol. The van der Waals surface area contributed by atoms with Crippen LogP contribution in [0.3, 0.4) is 0 Å². The Morgan fingerprint density at radius 3 is 1.55 bits per heavy atom. The average Bonchev–Trinajstić information content (AvgIpc) is 1.85. The fourth-order valence-corrected chi connectivity index (χ4v) is 0.143. The van der Waals surface area contributed by atoms with Gasteiger partial charge in [0.1, 0.15) is 0 Å². The smallest absolute Gasteiger partial charge is 0.328 e. The molecule has 0 fully saturated rings. The molecule has 0 radical (unpaired) electrons. The van der Waals surface area contributed by atoms with E-state index in [1.165, 1.54) is 6.19 Å². The molecule has 0 aliphatic carbocycles. The summed E-state index contributed by atoms with van der Waals surface area (Å²) in [5.74, 6) is -2.51. The van der Waals surface area contributed by atoms with Gasteiger partial charge in [0.2, 0.25) is 0 Å². The van der Waals surface area contributed by atoms with Gasteiger partial charge in [-0.3, -0.25) is 0 Å². The molecule has 0 aromatic heterocycles. The minimum Gasteiger partial charge on any atom is -0.478 e. The first-order valence-corrected chi connectivity index (χ1v) is 2.28. The number of hydrogen-bond donors (Lipinski definition) is 3. The lowest BCUT2D eigenvalue weighted by atomic mass is 10.5. The van der Waals surface area contributed by atoms with Gasteiger partial charge >= 0.3 is 11.9 Å². The van der Waals surface area contributed by atoms with Crippen LogP contribution in [0.5, 0.6) is 0 Å². The molecule has 0 aliphatic rings. The summed E-state index contributed by atoms with van der Waals surface area (Å²) in [5.41, 5.74) is 4.15. The summed E-state index contributed by atoms with van der Waals surface area (Å²) in [6.07, 6.45) is 2.37. The first-order valence-electron chi connectivity index (χ1n) is 2.28. The zero-order valence-electron chi connectivity index (χ0n) is 5.39. The molecule has 0 spiro atoms. The van der Waals surface area contributed by atoms with Crippen LogP contribution in [0.2, 0.25) is 0 Å². The molecule has 0 heterocycles. The number of nitrogens with two attached hydrogens (primary N) is 1. The SMILES string of the molecule is N#CN.O=C(O)/C=C/C(=O)O. The van der Waals surface area contributed by atoms with E-state index in [1.807, 2.05) is 0 Å². The highest BCUT2D eigenvalue weighted by atomic mass is 16.4. The van der Waals surface area contributed by atoms with E-state index < -0.39 is 11.9 Å². The largest absolute Gasteiger partial charge is 0.478 e. The molecule has 60 valence electrons. The molecule has 4 N–H and O–H groups in total. The Bertz CT molecular complexity index is 187. The van der Waals surface area contributed by atoms with Crippen LogP contribution in [0.15, 0.2) is 12.2 Å². The van der Waals surface area contributed by atoms with Crippen LogP contribution in [-0.4, -0.2) is 22.2 Å². The van der Waals surface area contributed by atoms with Gasteiger partial charge in [0.15, 0.2) is 6.19 Å². The molecule has 0 aromatic carbocycles. The summed E-state index contributed by atoms with van der Waals surface area (Å²) in [5, 5.41) is 22.7. The van der Waals surface area contributed by atoms with Crippen molar-refractivity contribution in [3.63, 3.8) is 0 Å². The van der Waals surface area contributed by atoms with Gasteiger partial charge in [-0.15, -0.1) is 0 Å². The van der Waals surface area contributed by atoms with Crippen LogP contribution < -0.4 is 5.73 Å². The quantitative estimate of drug-likeness (QED) is 0.273. The van der Waals surface area contributed by atoms with Crippen LogP contribution in [0.4, 0.5) is 0 Å². The Balaban J connectivity index is 0.